The van der Waals surface area contributed by atoms with Gasteiger partial charge in [0, 0.05) is 29.9 Å². The second-order valence-corrected chi connectivity index (χ2v) is 5.22. The van der Waals surface area contributed by atoms with E-state index < -0.39 is 0 Å². The van der Waals surface area contributed by atoms with Crippen LogP contribution in [-0.2, 0) is 4.79 Å². The Morgan fingerprint density at radius 2 is 1.71 bits per heavy atom. The highest BCUT2D eigenvalue weighted by atomic mass is 16.2. The maximum Gasteiger partial charge on any atom is 0.228 e. The van der Waals surface area contributed by atoms with Crippen molar-refractivity contribution in [1.29, 1.82) is 0 Å². The number of rotatable bonds is 2. The van der Waals surface area contributed by atoms with Gasteiger partial charge in [-0.2, -0.15) is 0 Å². The fourth-order valence-corrected chi connectivity index (χ4v) is 2.71. The Labute approximate surface area is 124 Å². The lowest BCUT2D eigenvalue weighted by Crippen LogP contribution is -2.31. The highest BCUT2D eigenvalue weighted by molar-refractivity contribution is 6.06. The molecule has 0 saturated heterocycles. The van der Waals surface area contributed by atoms with E-state index >= 15 is 0 Å². The first-order valence-corrected chi connectivity index (χ1v) is 7.10. The standard InChI is InChI=1S/C18H18N2O/c1-13-12-18(16-10-6-7-11-17(16)19-13)20(14(2)21)15-8-4-3-5-9-15/h3-13,19H,1-2H3/t13-/m1/s1. The number of benzene rings is 2. The van der Waals surface area contributed by atoms with E-state index in [1.807, 2.05) is 54.6 Å². The summed E-state index contributed by atoms with van der Waals surface area (Å²) in [5.74, 6) is 0.0105. The van der Waals surface area contributed by atoms with Gasteiger partial charge in [-0.1, -0.05) is 36.4 Å². The van der Waals surface area contributed by atoms with Gasteiger partial charge >= 0.3 is 0 Å². The van der Waals surface area contributed by atoms with Crippen LogP contribution >= 0.6 is 0 Å². The molecule has 3 rings (SSSR count). The van der Waals surface area contributed by atoms with Crippen molar-refractivity contribution in [2.75, 3.05) is 10.2 Å². The number of fused-ring (bicyclic) bond motifs is 1. The summed E-state index contributed by atoms with van der Waals surface area (Å²) >= 11 is 0. The van der Waals surface area contributed by atoms with Gasteiger partial charge in [-0.25, -0.2) is 0 Å². The normalized spacial score (nSPS) is 16.5. The van der Waals surface area contributed by atoms with Crippen LogP contribution in [0.3, 0.4) is 0 Å². The van der Waals surface area contributed by atoms with Crippen LogP contribution in [-0.4, -0.2) is 11.9 Å². The van der Waals surface area contributed by atoms with Gasteiger partial charge in [0.1, 0.15) is 0 Å². The minimum absolute atomic E-state index is 0.0105. The lowest BCUT2D eigenvalue weighted by atomic mass is 10.0. The van der Waals surface area contributed by atoms with Gasteiger partial charge in [-0.3, -0.25) is 9.69 Å². The smallest absolute Gasteiger partial charge is 0.228 e. The summed E-state index contributed by atoms with van der Waals surface area (Å²) in [5, 5.41) is 3.42. The third kappa shape index (κ3) is 2.55. The van der Waals surface area contributed by atoms with Crippen LogP contribution in [0.1, 0.15) is 19.4 Å². The number of carbonyl (C=O) groups is 1. The average molecular weight is 278 g/mol. The molecule has 0 aliphatic carbocycles. The molecule has 0 radical (unpaired) electrons. The van der Waals surface area contributed by atoms with Crippen molar-refractivity contribution in [3.8, 4) is 0 Å². The molecule has 1 heterocycles. The molecule has 0 spiro atoms. The topological polar surface area (TPSA) is 32.3 Å². The van der Waals surface area contributed by atoms with Gasteiger partial charge in [0.15, 0.2) is 0 Å². The zero-order valence-electron chi connectivity index (χ0n) is 12.2. The Morgan fingerprint density at radius 1 is 1.05 bits per heavy atom. The number of hydrogen-bond acceptors (Lipinski definition) is 2. The molecule has 3 heteroatoms. The number of amides is 1. The second-order valence-electron chi connectivity index (χ2n) is 5.22. The molecule has 106 valence electrons. The molecule has 0 saturated carbocycles. The van der Waals surface area contributed by atoms with Gasteiger partial charge in [0.2, 0.25) is 5.91 Å². The Morgan fingerprint density at radius 3 is 2.43 bits per heavy atom. The van der Waals surface area contributed by atoms with E-state index in [1.165, 1.54) is 0 Å². The summed E-state index contributed by atoms with van der Waals surface area (Å²) < 4.78 is 0. The predicted molar refractivity (Wildman–Crippen MR) is 87.1 cm³/mol. The minimum Gasteiger partial charge on any atom is -0.378 e. The SMILES string of the molecule is CC(=O)N(C1=C[C@@H](C)Nc2ccccc21)c1ccccc1. The van der Waals surface area contributed by atoms with E-state index in [0.717, 1.165) is 22.6 Å². The van der Waals surface area contributed by atoms with Crippen LogP contribution in [0, 0.1) is 0 Å². The predicted octanol–water partition coefficient (Wildman–Crippen LogP) is 3.89. The summed E-state index contributed by atoms with van der Waals surface area (Å²) in [6.07, 6.45) is 2.09. The molecule has 21 heavy (non-hydrogen) atoms. The van der Waals surface area contributed by atoms with E-state index in [4.69, 9.17) is 0 Å². The van der Waals surface area contributed by atoms with Crippen LogP contribution in [0.25, 0.3) is 5.70 Å². The molecule has 1 atom stereocenters. The Balaban J connectivity index is 2.13. The lowest BCUT2D eigenvalue weighted by Gasteiger charge is -2.31. The van der Waals surface area contributed by atoms with Crippen LogP contribution in [0.15, 0.2) is 60.7 Å². The van der Waals surface area contributed by atoms with Gasteiger partial charge < -0.3 is 5.32 Å². The fourth-order valence-electron chi connectivity index (χ4n) is 2.71. The zero-order valence-corrected chi connectivity index (χ0v) is 12.2. The van der Waals surface area contributed by atoms with Crippen LogP contribution in [0.4, 0.5) is 11.4 Å². The summed E-state index contributed by atoms with van der Waals surface area (Å²) in [7, 11) is 0. The molecule has 0 fully saturated rings. The maximum absolute atomic E-state index is 12.2. The van der Waals surface area contributed by atoms with Crippen molar-refractivity contribution >= 4 is 23.0 Å². The maximum atomic E-state index is 12.2. The molecule has 3 nitrogen and oxygen atoms in total. The molecule has 0 bridgehead atoms. The molecule has 1 aliphatic rings. The number of carbonyl (C=O) groups excluding carboxylic acids is 1. The third-order valence-corrected chi connectivity index (χ3v) is 3.56. The van der Waals surface area contributed by atoms with Crippen molar-refractivity contribution in [1.82, 2.24) is 0 Å². The molecule has 2 aromatic rings. The Bertz CT molecular complexity index is 691. The lowest BCUT2D eigenvalue weighted by molar-refractivity contribution is -0.115. The number of para-hydroxylation sites is 2. The van der Waals surface area contributed by atoms with E-state index in [1.54, 1.807) is 11.8 Å². The fraction of sp³-hybridized carbons (Fsp3) is 0.167. The number of anilines is 2. The Hall–Kier alpha value is -2.55. The van der Waals surface area contributed by atoms with Gasteiger partial charge in [-0.15, -0.1) is 0 Å². The van der Waals surface area contributed by atoms with E-state index in [-0.39, 0.29) is 11.9 Å². The number of hydrogen-bond donors (Lipinski definition) is 1. The van der Waals surface area contributed by atoms with Crippen molar-refractivity contribution in [3.05, 3.63) is 66.2 Å². The average Bonchev–Trinajstić information content (AvgIpc) is 2.48. The largest absolute Gasteiger partial charge is 0.378 e. The van der Waals surface area contributed by atoms with Gasteiger partial charge in [0.05, 0.1) is 5.70 Å². The second kappa shape index (κ2) is 5.44. The van der Waals surface area contributed by atoms with Crippen molar-refractivity contribution in [3.63, 3.8) is 0 Å². The zero-order chi connectivity index (χ0) is 14.8. The molecule has 1 aliphatic heterocycles. The van der Waals surface area contributed by atoms with E-state index in [9.17, 15) is 4.79 Å². The first-order valence-electron chi connectivity index (χ1n) is 7.10. The molecular weight excluding hydrogens is 260 g/mol. The van der Waals surface area contributed by atoms with Crippen molar-refractivity contribution in [2.24, 2.45) is 0 Å². The van der Waals surface area contributed by atoms with Crippen LogP contribution in [0.5, 0.6) is 0 Å². The number of nitrogens with zero attached hydrogens (tertiary/aromatic N) is 1. The summed E-state index contributed by atoms with van der Waals surface area (Å²) in [6, 6.07) is 18.0. The third-order valence-electron chi connectivity index (χ3n) is 3.56. The van der Waals surface area contributed by atoms with Gasteiger partial charge in [-0.05, 0) is 31.2 Å². The summed E-state index contributed by atoms with van der Waals surface area (Å²) in [6.45, 7) is 3.68. The summed E-state index contributed by atoms with van der Waals surface area (Å²) in [4.78, 5) is 14.0. The molecule has 1 amide bonds. The number of nitrogens with one attached hydrogen (secondary N) is 1. The monoisotopic (exact) mass is 278 g/mol. The molecule has 2 aromatic carbocycles. The van der Waals surface area contributed by atoms with Crippen molar-refractivity contribution < 1.29 is 4.79 Å². The minimum atomic E-state index is 0.0105. The molecule has 1 N–H and O–H groups in total. The van der Waals surface area contributed by atoms with Crippen LogP contribution < -0.4 is 10.2 Å². The quantitative estimate of drug-likeness (QED) is 0.903. The van der Waals surface area contributed by atoms with E-state index in [0.29, 0.717) is 0 Å². The first-order chi connectivity index (χ1) is 10.2. The van der Waals surface area contributed by atoms with E-state index in [2.05, 4.69) is 18.3 Å². The molecule has 0 unspecified atom stereocenters. The van der Waals surface area contributed by atoms with Crippen LogP contribution in [0.2, 0.25) is 0 Å². The van der Waals surface area contributed by atoms with Crippen molar-refractivity contribution in [2.45, 2.75) is 19.9 Å². The first kappa shape index (κ1) is 13.4. The summed E-state index contributed by atoms with van der Waals surface area (Å²) in [5.41, 5.74) is 3.94. The Kier molecular flexibility index (Phi) is 3.48. The highest BCUT2D eigenvalue weighted by Crippen LogP contribution is 2.34. The van der Waals surface area contributed by atoms with Gasteiger partial charge in [0.25, 0.3) is 0 Å². The molecular formula is C18H18N2O. The highest BCUT2D eigenvalue weighted by Gasteiger charge is 2.24. The molecule has 0 aromatic heterocycles.